The quantitative estimate of drug-likeness (QED) is 0.683. The molecule has 1 aromatic carbocycles. The maximum Gasteiger partial charge on any atom is 0.317 e. The number of rotatable bonds is 0. The molecule has 0 radical (unpaired) electrons. The summed E-state index contributed by atoms with van der Waals surface area (Å²) >= 11 is 3.31. The molecule has 0 atom stereocenters. The van der Waals surface area contributed by atoms with E-state index in [2.05, 4.69) is 37.3 Å². The van der Waals surface area contributed by atoms with Crippen molar-refractivity contribution in [3.05, 3.63) is 34.8 Å². The number of hydrogen-bond acceptors (Lipinski definition) is 2. The van der Waals surface area contributed by atoms with Crippen molar-refractivity contribution in [2.75, 3.05) is 0 Å². The van der Waals surface area contributed by atoms with E-state index >= 15 is 0 Å². The summed E-state index contributed by atoms with van der Waals surface area (Å²) in [6.07, 6.45) is 0. The fraction of sp³-hybridized carbons (Fsp3) is 0.143. The fourth-order valence-electron chi connectivity index (χ4n) is 0.415. The van der Waals surface area contributed by atoms with Crippen LogP contribution in [0.25, 0.3) is 0 Å². The van der Waals surface area contributed by atoms with Crippen molar-refractivity contribution in [3.63, 3.8) is 0 Å². The predicted octanol–water partition coefficient (Wildman–Crippen LogP) is 3.79. The number of benzene rings is 1. The average molecular weight is 308 g/mol. The molecule has 2 nitrogen and oxygen atoms in total. The van der Waals surface area contributed by atoms with E-state index in [1.807, 2.05) is 30.3 Å². The predicted molar refractivity (Wildman–Crippen MR) is 61.5 cm³/mol. The molecule has 13 heavy (non-hydrogen) atoms. The van der Waals surface area contributed by atoms with Crippen LogP contribution in [0.2, 0.25) is 0 Å². The average Bonchev–Trinajstić information content (AvgIpc) is 1.85. The Bertz CT molecular complexity index is 305. The molecule has 0 saturated heterocycles. The first-order chi connectivity index (χ1) is 5.39. The highest BCUT2D eigenvalue weighted by atomic mass is 79.9. The molecule has 6 heteroatoms. The van der Waals surface area contributed by atoms with E-state index in [1.165, 1.54) is 0 Å². The largest absolute Gasteiger partial charge is 0.317 e. The Balaban J connectivity index is 0. The van der Waals surface area contributed by atoms with Gasteiger partial charge in [-0.1, -0.05) is 41.6 Å². The first-order valence-corrected chi connectivity index (χ1v) is 6.67. The minimum Gasteiger partial charge on any atom is -0.195 e. The van der Waals surface area contributed by atoms with Gasteiger partial charge in [0, 0.05) is 25.8 Å². The standard InChI is InChI=1S/C6H5Br.CH4.Cl2O2S/c7-6-4-2-1-3-5-6;;1-5(2,3)4/h1-5H;1H4;. The fourth-order valence-corrected chi connectivity index (χ4v) is 0.720. The molecule has 0 fully saturated rings. The smallest absolute Gasteiger partial charge is 0.195 e. The molecule has 0 saturated carbocycles. The first-order valence-electron chi connectivity index (χ1n) is 2.74. The van der Waals surface area contributed by atoms with E-state index < -0.39 is 8.26 Å². The van der Waals surface area contributed by atoms with Crippen molar-refractivity contribution in [3.8, 4) is 0 Å². The maximum absolute atomic E-state index is 9.16. The van der Waals surface area contributed by atoms with Crippen LogP contribution in [-0.2, 0) is 8.26 Å². The van der Waals surface area contributed by atoms with E-state index in [4.69, 9.17) is 8.42 Å². The van der Waals surface area contributed by atoms with Gasteiger partial charge in [-0.15, -0.1) is 0 Å². The van der Waals surface area contributed by atoms with Crippen molar-refractivity contribution in [1.29, 1.82) is 0 Å². The van der Waals surface area contributed by atoms with Crippen LogP contribution in [0.5, 0.6) is 0 Å². The van der Waals surface area contributed by atoms with Crippen LogP contribution < -0.4 is 0 Å². The van der Waals surface area contributed by atoms with Crippen molar-refractivity contribution in [1.82, 2.24) is 0 Å². The SMILES string of the molecule is Brc1ccccc1.C.O=S(=O)(Cl)Cl. The second-order valence-corrected chi connectivity index (χ2v) is 6.26. The summed E-state index contributed by atoms with van der Waals surface area (Å²) in [6.45, 7) is 0. The maximum atomic E-state index is 9.16. The lowest BCUT2D eigenvalue weighted by Gasteiger charge is -1.80. The molecule has 1 rings (SSSR count). The van der Waals surface area contributed by atoms with Gasteiger partial charge in [0.25, 0.3) is 0 Å². The zero-order chi connectivity index (χ0) is 9.61. The minimum absolute atomic E-state index is 0. The zero-order valence-electron chi connectivity index (χ0n) is 5.75. The molecule has 0 aliphatic heterocycles. The van der Waals surface area contributed by atoms with Gasteiger partial charge in [-0.2, -0.15) is 8.42 Å². The monoisotopic (exact) mass is 306 g/mol. The van der Waals surface area contributed by atoms with Gasteiger partial charge in [-0.25, -0.2) is 0 Å². The van der Waals surface area contributed by atoms with Crippen molar-refractivity contribution in [2.24, 2.45) is 0 Å². The first kappa shape index (κ1) is 15.7. The third-order valence-corrected chi connectivity index (χ3v) is 1.26. The minimum atomic E-state index is -3.72. The lowest BCUT2D eigenvalue weighted by Crippen LogP contribution is -1.63. The summed E-state index contributed by atoms with van der Waals surface area (Å²) in [7, 11) is 4.81. The Morgan fingerprint density at radius 3 is 1.54 bits per heavy atom. The highest BCUT2D eigenvalue weighted by Gasteiger charge is 1.88. The second-order valence-electron chi connectivity index (χ2n) is 1.67. The molecule has 0 bridgehead atoms. The molecule has 76 valence electrons. The number of halogens is 3. The van der Waals surface area contributed by atoms with Gasteiger partial charge >= 0.3 is 8.26 Å². The second kappa shape index (κ2) is 7.62. The summed E-state index contributed by atoms with van der Waals surface area (Å²) in [5.74, 6) is 0. The van der Waals surface area contributed by atoms with Crippen LogP contribution in [0, 0.1) is 0 Å². The highest BCUT2D eigenvalue weighted by Crippen LogP contribution is 2.05. The van der Waals surface area contributed by atoms with Gasteiger partial charge in [0.1, 0.15) is 0 Å². The molecule has 0 unspecified atom stereocenters. The molecule has 0 heterocycles. The lowest BCUT2D eigenvalue weighted by atomic mass is 10.4. The molecule has 1 aromatic rings. The number of hydrogen-bond donors (Lipinski definition) is 0. The molecular weight excluding hydrogens is 299 g/mol. The van der Waals surface area contributed by atoms with E-state index in [9.17, 15) is 0 Å². The molecule has 0 aliphatic carbocycles. The van der Waals surface area contributed by atoms with E-state index in [-0.39, 0.29) is 7.43 Å². The molecule has 0 spiro atoms. The van der Waals surface area contributed by atoms with Gasteiger partial charge in [-0.3, -0.25) is 0 Å². The topological polar surface area (TPSA) is 34.1 Å². The van der Waals surface area contributed by atoms with Gasteiger partial charge in [0.05, 0.1) is 0 Å². The van der Waals surface area contributed by atoms with Crippen LogP contribution in [0.15, 0.2) is 34.8 Å². The van der Waals surface area contributed by atoms with Gasteiger partial charge in [0.15, 0.2) is 0 Å². The van der Waals surface area contributed by atoms with E-state index in [0.717, 1.165) is 4.47 Å². The van der Waals surface area contributed by atoms with Gasteiger partial charge < -0.3 is 0 Å². The van der Waals surface area contributed by atoms with Gasteiger partial charge in [0.2, 0.25) is 0 Å². The van der Waals surface area contributed by atoms with Crippen LogP contribution in [0.4, 0.5) is 0 Å². The van der Waals surface area contributed by atoms with Crippen molar-refractivity contribution in [2.45, 2.75) is 7.43 Å². The summed E-state index contributed by atoms with van der Waals surface area (Å²) in [6, 6.07) is 9.97. The Morgan fingerprint density at radius 1 is 1.08 bits per heavy atom. The Kier molecular flexibility index (Phi) is 9.19. The lowest BCUT2D eigenvalue weighted by molar-refractivity contribution is 0.621. The summed E-state index contributed by atoms with van der Waals surface area (Å²) in [5.41, 5.74) is 0. The molecular formula is C7H9BrCl2O2S. The third kappa shape index (κ3) is 18.9. The van der Waals surface area contributed by atoms with Gasteiger partial charge in [-0.05, 0) is 12.1 Å². The zero-order valence-corrected chi connectivity index (χ0v) is 9.66. The highest BCUT2D eigenvalue weighted by molar-refractivity contribution is 9.10. The van der Waals surface area contributed by atoms with Crippen molar-refractivity contribution < 1.29 is 8.42 Å². The molecule has 0 N–H and O–H groups in total. The van der Waals surface area contributed by atoms with Crippen LogP contribution in [-0.4, -0.2) is 8.42 Å². The molecule has 0 aromatic heterocycles. The summed E-state index contributed by atoms with van der Waals surface area (Å²) in [5, 5.41) is 0. The van der Waals surface area contributed by atoms with Crippen molar-refractivity contribution >= 4 is 45.6 Å². The molecule has 0 aliphatic rings. The van der Waals surface area contributed by atoms with Crippen LogP contribution in [0.1, 0.15) is 7.43 Å². The third-order valence-electron chi connectivity index (χ3n) is 0.733. The Hall–Kier alpha value is 0.230. The van der Waals surface area contributed by atoms with E-state index in [1.54, 1.807) is 0 Å². The normalized spacial score (nSPS) is 9.15. The van der Waals surface area contributed by atoms with E-state index in [0.29, 0.717) is 0 Å². The van der Waals surface area contributed by atoms with Crippen LogP contribution in [0.3, 0.4) is 0 Å². The van der Waals surface area contributed by atoms with Crippen LogP contribution >= 0.6 is 37.3 Å². The Labute approximate surface area is 95.9 Å². The summed E-state index contributed by atoms with van der Waals surface area (Å²) < 4.78 is 19.5. The Morgan fingerprint density at radius 2 is 1.38 bits per heavy atom. The summed E-state index contributed by atoms with van der Waals surface area (Å²) in [4.78, 5) is 0. The molecule has 0 amide bonds.